The van der Waals surface area contributed by atoms with E-state index in [4.69, 9.17) is 11.6 Å². The van der Waals surface area contributed by atoms with Gasteiger partial charge >= 0.3 is 0 Å². The van der Waals surface area contributed by atoms with E-state index < -0.39 is 0 Å². The lowest BCUT2D eigenvalue weighted by Gasteiger charge is -2.38. The molecule has 21 heavy (non-hydrogen) atoms. The number of hydrogen-bond donors (Lipinski definition) is 2. The first-order chi connectivity index (χ1) is 10.2. The summed E-state index contributed by atoms with van der Waals surface area (Å²) in [5, 5.41) is 13.6. The van der Waals surface area contributed by atoms with E-state index in [0.29, 0.717) is 16.8 Å². The molecule has 1 atom stereocenters. The number of aliphatic hydroxyl groups is 1. The molecule has 1 aliphatic carbocycles. The van der Waals surface area contributed by atoms with Gasteiger partial charge in [-0.3, -0.25) is 4.98 Å². The molecule has 1 saturated carbocycles. The SMILES string of the molecule is OC1CC([C@@H](Cc2ccccn2)Nc2ncccc2Cl)C1. The van der Waals surface area contributed by atoms with Gasteiger partial charge < -0.3 is 10.4 Å². The molecule has 2 N–H and O–H groups in total. The standard InChI is InChI=1S/C16H18ClN3O/c17-14-5-3-7-19-16(14)20-15(11-8-13(21)9-11)10-12-4-1-2-6-18-12/h1-7,11,13,15,21H,8-10H2,(H,19,20)/t11?,13?,15-/m1/s1. The quantitative estimate of drug-likeness (QED) is 0.891. The maximum absolute atomic E-state index is 9.57. The molecule has 2 heterocycles. The Hall–Kier alpha value is -1.65. The van der Waals surface area contributed by atoms with Crippen LogP contribution in [-0.2, 0) is 6.42 Å². The lowest BCUT2D eigenvalue weighted by Crippen LogP contribution is -2.42. The molecule has 0 radical (unpaired) electrons. The van der Waals surface area contributed by atoms with Crippen LogP contribution in [0.1, 0.15) is 18.5 Å². The minimum absolute atomic E-state index is 0.177. The molecule has 0 bridgehead atoms. The first kappa shape index (κ1) is 14.3. The molecule has 3 rings (SSSR count). The average molecular weight is 304 g/mol. The van der Waals surface area contributed by atoms with Crippen LogP contribution in [0.5, 0.6) is 0 Å². The molecular formula is C16H18ClN3O. The molecule has 0 spiro atoms. The largest absolute Gasteiger partial charge is 0.393 e. The average Bonchev–Trinajstić information content (AvgIpc) is 2.47. The highest BCUT2D eigenvalue weighted by Gasteiger charge is 2.34. The van der Waals surface area contributed by atoms with Gasteiger partial charge in [-0.25, -0.2) is 4.98 Å². The lowest BCUT2D eigenvalue weighted by atomic mass is 9.76. The number of rotatable bonds is 5. The van der Waals surface area contributed by atoms with Gasteiger partial charge in [0, 0.05) is 30.6 Å². The van der Waals surface area contributed by atoms with Crippen molar-refractivity contribution in [1.82, 2.24) is 9.97 Å². The summed E-state index contributed by atoms with van der Waals surface area (Å²) < 4.78 is 0. The molecule has 1 aliphatic rings. The van der Waals surface area contributed by atoms with E-state index >= 15 is 0 Å². The summed E-state index contributed by atoms with van der Waals surface area (Å²) in [6, 6.07) is 9.73. The fourth-order valence-electron chi connectivity index (χ4n) is 2.71. The van der Waals surface area contributed by atoms with Gasteiger partial charge in [0.25, 0.3) is 0 Å². The van der Waals surface area contributed by atoms with Gasteiger partial charge in [0.15, 0.2) is 0 Å². The third kappa shape index (κ3) is 3.52. The topological polar surface area (TPSA) is 58.0 Å². The van der Waals surface area contributed by atoms with Gasteiger partial charge in [-0.2, -0.15) is 0 Å². The van der Waals surface area contributed by atoms with Crippen LogP contribution in [-0.4, -0.2) is 27.2 Å². The molecular weight excluding hydrogens is 286 g/mol. The molecule has 5 heteroatoms. The monoisotopic (exact) mass is 303 g/mol. The van der Waals surface area contributed by atoms with E-state index in [1.54, 1.807) is 12.4 Å². The third-order valence-electron chi connectivity index (χ3n) is 3.95. The Morgan fingerprint density at radius 3 is 2.67 bits per heavy atom. The zero-order chi connectivity index (χ0) is 14.7. The molecule has 0 amide bonds. The first-order valence-corrected chi connectivity index (χ1v) is 7.55. The Labute approximate surface area is 129 Å². The number of nitrogens with zero attached hydrogens (tertiary/aromatic N) is 2. The van der Waals surface area contributed by atoms with Gasteiger partial charge in [-0.05, 0) is 43.0 Å². The van der Waals surface area contributed by atoms with Gasteiger partial charge in [0.1, 0.15) is 5.82 Å². The lowest BCUT2D eigenvalue weighted by molar-refractivity contribution is 0.0340. The minimum atomic E-state index is -0.178. The molecule has 0 unspecified atom stereocenters. The van der Waals surface area contributed by atoms with Crippen molar-refractivity contribution in [1.29, 1.82) is 0 Å². The third-order valence-corrected chi connectivity index (χ3v) is 4.26. The highest BCUT2D eigenvalue weighted by Crippen LogP contribution is 2.33. The first-order valence-electron chi connectivity index (χ1n) is 7.17. The number of pyridine rings is 2. The van der Waals surface area contributed by atoms with Crippen LogP contribution >= 0.6 is 11.6 Å². The Kier molecular flexibility index (Phi) is 4.36. The van der Waals surface area contributed by atoms with Crippen molar-refractivity contribution in [3.8, 4) is 0 Å². The Balaban J connectivity index is 1.75. The van der Waals surface area contributed by atoms with Crippen molar-refractivity contribution in [2.75, 3.05) is 5.32 Å². The van der Waals surface area contributed by atoms with E-state index in [1.807, 2.05) is 30.3 Å². The second-order valence-corrected chi connectivity index (χ2v) is 5.90. The molecule has 0 aromatic carbocycles. The van der Waals surface area contributed by atoms with Crippen molar-refractivity contribution in [3.63, 3.8) is 0 Å². The fraction of sp³-hybridized carbons (Fsp3) is 0.375. The summed E-state index contributed by atoms with van der Waals surface area (Å²) in [4.78, 5) is 8.68. The van der Waals surface area contributed by atoms with E-state index in [1.165, 1.54) is 0 Å². The van der Waals surface area contributed by atoms with E-state index in [2.05, 4.69) is 15.3 Å². The molecule has 2 aromatic rings. The second kappa shape index (κ2) is 6.41. The van der Waals surface area contributed by atoms with Crippen molar-refractivity contribution in [3.05, 3.63) is 53.4 Å². The number of aromatic nitrogens is 2. The Morgan fingerprint density at radius 1 is 1.19 bits per heavy atom. The van der Waals surface area contributed by atoms with E-state index in [-0.39, 0.29) is 12.1 Å². The smallest absolute Gasteiger partial charge is 0.144 e. The zero-order valence-electron chi connectivity index (χ0n) is 11.6. The normalized spacial score (nSPS) is 22.4. The number of halogens is 1. The number of hydrogen-bond acceptors (Lipinski definition) is 4. The predicted octanol–water partition coefficient (Wildman–Crippen LogP) is 2.92. The molecule has 1 fully saturated rings. The van der Waals surface area contributed by atoms with Gasteiger partial charge in [0.2, 0.25) is 0 Å². The molecule has 4 nitrogen and oxygen atoms in total. The van der Waals surface area contributed by atoms with Gasteiger partial charge in [-0.1, -0.05) is 17.7 Å². The predicted molar refractivity (Wildman–Crippen MR) is 83.3 cm³/mol. The van der Waals surface area contributed by atoms with Crippen molar-refractivity contribution >= 4 is 17.4 Å². The van der Waals surface area contributed by atoms with Crippen LogP contribution in [0.25, 0.3) is 0 Å². The van der Waals surface area contributed by atoms with Gasteiger partial charge in [-0.15, -0.1) is 0 Å². The van der Waals surface area contributed by atoms with Crippen LogP contribution in [0.3, 0.4) is 0 Å². The highest BCUT2D eigenvalue weighted by atomic mass is 35.5. The summed E-state index contributed by atoms with van der Waals surface area (Å²) in [5.41, 5.74) is 1.03. The summed E-state index contributed by atoms with van der Waals surface area (Å²) in [5.74, 6) is 1.11. The van der Waals surface area contributed by atoms with Crippen LogP contribution < -0.4 is 5.32 Å². The number of nitrogens with one attached hydrogen (secondary N) is 1. The molecule has 110 valence electrons. The van der Waals surface area contributed by atoms with Crippen molar-refractivity contribution in [2.24, 2.45) is 5.92 Å². The second-order valence-electron chi connectivity index (χ2n) is 5.50. The maximum Gasteiger partial charge on any atom is 0.144 e. The van der Waals surface area contributed by atoms with Crippen LogP contribution in [0, 0.1) is 5.92 Å². The summed E-state index contributed by atoms with van der Waals surface area (Å²) in [6.07, 6.45) is 5.77. The van der Waals surface area contributed by atoms with E-state index in [9.17, 15) is 5.11 Å². The van der Waals surface area contributed by atoms with Crippen molar-refractivity contribution in [2.45, 2.75) is 31.4 Å². The van der Waals surface area contributed by atoms with Crippen LogP contribution in [0.4, 0.5) is 5.82 Å². The minimum Gasteiger partial charge on any atom is -0.393 e. The molecule has 2 aromatic heterocycles. The Bertz CT molecular complexity index is 587. The van der Waals surface area contributed by atoms with Crippen molar-refractivity contribution < 1.29 is 5.11 Å². The number of aliphatic hydroxyl groups excluding tert-OH is 1. The molecule has 0 aliphatic heterocycles. The fourth-order valence-corrected chi connectivity index (χ4v) is 2.88. The van der Waals surface area contributed by atoms with Crippen LogP contribution in [0.15, 0.2) is 42.7 Å². The van der Waals surface area contributed by atoms with E-state index in [0.717, 1.165) is 25.0 Å². The summed E-state index contributed by atoms with van der Waals surface area (Å²) >= 11 is 6.18. The summed E-state index contributed by atoms with van der Waals surface area (Å²) in [7, 11) is 0. The van der Waals surface area contributed by atoms with Crippen LogP contribution in [0.2, 0.25) is 5.02 Å². The summed E-state index contributed by atoms with van der Waals surface area (Å²) in [6.45, 7) is 0. The Morgan fingerprint density at radius 2 is 2.00 bits per heavy atom. The molecule has 0 saturated heterocycles. The maximum atomic E-state index is 9.57. The number of anilines is 1. The van der Waals surface area contributed by atoms with Gasteiger partial charge in [0.05, 0.1) is 11.1 Å². The zero-order valence-corrected chi connectivity index (χ0v) is 12.4. The highest BCUT2D eigenvalue weighted by molar-refractivity contribution is 6.32.